The Kier molecular flexibility index (Phi) is 2.62. The number of nitrogens with one attached hydrogen (secondary N) is 1. The number of amides is 1. The second kappa shape index (κ2) is 3.93. The van der Waals surface area contributed by atoms with Gasteiger partial charge in [0.05, 0.1) is 0 Å². The highest BCUT2D eigenvalue weighted by atomic mass is 16.1. The Labute approximate surface area is 89.7 Å². The first kappa shape index (κ1) is 10.0. The highest BCUT2D eigenvalue weighted by Crippen LogP contribution is 2.28. The Morgan fingerprint density at radius 1 is 1.47 bits per heavy atom. The molecule has 1 aliphatic carbocycles. The fraction of sp³-hybridized carbons (Fsp3) is 0.417. The molecular formula is C12H16N2O. The Hall–Kier alpha value is -1.51. The van der Waals surface area contributed by atoms with Gasteiger partial charge in [-0.15, -0.1) is 0 Å². The fourth-order valence-corrected chi connectivity index (χ4v) is 1.69. The van der Waals surface area contributed by atoms with E-state index in [2.05, 4.69) is 5.32 Å². The van der Waals surface area contributed by atoms with Crippen molar-refractivity contribution in [3.63, 3.8) is 0 Å². The van der Waals surface area contributed by atoms with Gasteiger partial charge in [0.15, 0.2) is 0 Å². The fourth-order valence-electron chi connectivity index (χ4n) is 1.69. The summed E-state index contributed by atoms with van der Waals surface area (Å²) in [6.07, 6.45) is 3.22. The van der Waals surface area contributed by atoms with Crippen LogP contribution in [0.4, 0.5) is 11.4 Å². The molecule has 1 aliphatic rings. The van der Waals surface area contributed by atoms with E-state index in [0.717, 1.165) is 29.8 Å². The van der Waals surface area contributed by atoms with Gasteiger partial charge < -0.3 is 11.1 Å². The van der Waals surface area contributed by atoms with Crippen molar-refractivity contribution in [3.05, 3.63) is 23.8 Å². The summed E-state index contributed by atoms with van der Waals surface area (Å²) in [6, 6.07) is 5.59. The lowest BCUT2D eigenvalue weighted by atomic mass is 9.85. The summed E-state index contributed by atoms with van der Waals surface area (Å²) < 4.78 is 0. The summed E-state index contributed by atoms with van der Waals surface area (Å²) >= 11 is 0. The second-order valence-corrected chi connectivity index (χ2v) is 4.14. The van der Waals surface area contributed by atoms with Crippen LogP contribution >= 0.6 is 0 Å². The van der Waals surface area contributed by atoms with Gasteiger partial charge in [-0.1, -0.05) is 12.5 Å². The van der Waals surface area contributed by atoms with Crippen molar-refractivity contribution in [1.29, 1.82) is 0 Å². The van der Waals surface area contributed by atoms with Gasteiger partial charge in [0.25, 0.3) is 0 Å². The smallest absolute Gasteiger partial charge is 0.227 e. The third-order valence-electron chi connectivity index (χ3n) is 3.11. The Morgan fingerprint density at radius 3 is 2.80 bits per heavy atom. The van der Waals surface area contributed by atoms with Crippen molar-refractivity contribution in [2.24, 2.45) is 5.92 Å². The number of benzene rings is 1. The van der Waals surface area contributed by atoms with Crippen LogP contribution < -0.4 is 11.1 Å². The molecule has 0 saturated heterocycles. The van der Waals surface area contributed by atoms with Crippen molar-refractivity contribution in [2.75, 3.05) is 11.1 Å². The van der Waals surface area contributed by atoms with Crippen molar-refractivity contribution in [2.45, 2.75) is 26.2 Å². The standard InChI is InChI=1S/C12H16N2O/c1-8-10(13)6-3-7-11(8)14-12(15)9-4-2-5-9/h3,6-7,9H,2,4-5,13H2,1H3,(H,14,15). The van der Waals surface area contributed by atoms with Crippen molar-refractivity contribution in [1.82, 2.24) is 0 Å². The maximum atomic E-state index is 11.7. The van der Waals surface area contributed by atoms with Crippen LogP contribution in [-0.2, 0) is 4.79 Å². The van der Waals surface area contributed by atoms with Gasteiger partial charge >= 0.3 is 0 Å². The molecule has 0 aliphatic heterocycles. The molecule has 0 bridgehead atoms. The zero-order chi connectivity index (χ0) is 10.8. The number of nitrogens with two attached hydrogens (primary N) is 1. The van der Waals surface area contributed by atoms with Gasteiger partial charge in [-0.3, -0.25) is 4.79 Å². The molecule has 0 heterocycles. The minimum atomic E-state index is 0.134. The molecule has 0 radical (unpaired) electrons. The third kappa shape index (κ3) is 1.96. The maximum absolute atomic E-state index is 11.7. The molecule has 0 aromatic heterocycles. The first-order valence-electron chi connectivity index (χ1n) is 5.34. The van der Waals surface area contributed by atoms with Crippen molar-refractivity contribution < 1.29 is 4.79 Å². The summed E-state index contributed by atoms with van der Waals surface area (Å²) in [5.74, 6) is 0.348. The lowest BCUT2D eigenvalue weighted by Crippen LogP contribution is -2.28. The molecule has 3 N–H and O–H groups in total. The molecule has 80 valence electrons. The van der Waals surface area contributed by atoms with Crippen LogP contribution in [0.15, 0.2) is 18.2 Å². The zero-order valence-corrected chi connectivity index (χ0v) is 8.92. The van der Waals surface area contributed by atoms with E-state index in [0.29, 0.717) is 0 Å². The first-order valence-corrected chi connectivity index (χ1v) is 5.34. The van der Waals surface area contributed by atoms with Gasteiger partial charge in [-0.05, 0) is 37.5 Å². The quantitative estimate of drug-likeness (QED) is 0.726. The van der Waals surface area contributed by atoms with Crippen LogP contribution in [-0.4, -0.2) is 5.91 Å². The molecule has 1 aromatic rings. The Morgan fingerprint density at radius 2 is 2.20 bits per heavy atom. The van der Waals surface area contributed by atoms with Crippen LogP contribution in [0.2, 0.25) is 0 Å². The topological polar surface area (TPSA) is 55.1 Å². The molecule has 1 fully saturated rings. The summed E-state index contributed by atoms with van der Waals surface area (Å²) in [7, 11) is 0. The molecule has 0 spiro atoms. The van der Waals surface area contributed by atoms with Crippen LogP contribution in [0.3, 0.4) is 0 Å². The van der Waals surface area contributed by atoms with Gasteiger partial charge in [-0.2, -0.15) is 0 Å². The average Bonchev–Trinajstić information content (AvgIpc) is 2.10. The highest BCUT2D eigenvalue weighted by molar-refractivity contribution is 5.94. The molecule has 1 amide bonds. The molecule has 15 heavy (non-hydrogen) atoms. The monoisotopic (exact) mass is 204 g/mol. The summed E-state index contributed by atoms with van der Waals surface area (Å²) in [6.45, 7) is 1.92. The predicted molar refractivity (Wildman–Crippen MR) is 61.6 cm³/mol. The van der Waals surface area contributed by atoms with E-state index in [1.165, 1.54) is 6.42 Å². The average molecular weight is 204 g/mol. The van der Waals surface area contributed by atoms with Crippen LogP contribution in [0.25, 0.3) is 0 Å². The van der Waals surface area contributed by atoms with Gasteiger partial charge in [0, 0.05) is 17.3 Å². The van der Waals surface area contributed by atoms with Crippen LogP contribution in [0.5, 0.6) is 0 Å². The molecule has 3 nitrogen and oxygen atoms in total. The summed E-state index contributed by atoms with van der Waals surface area (Å²) in [5.41, 5.74) is 8.28. The normalized spacial score (nSPS) is 15.8. The summed E-state index contributed by atoms with van der Waals surface area (Å²) in [4.78, 5) is 11.7. The van der Waals surface area contributed by atoms with Gasteiger partial charge in [0.2, 0.25) is 5.91 Å². The number of carbonyl (C=O) groups excluding carboxylic acids is 1. The first-order chi connectivity index (χ1) is 7.18. The second-order valence-electron chi connectivity index (χ2n) is 4.14. The predicted octanol–water partition coefficient (Wildman–Crippen LogP) is 2.32. The molecule has 0 atom stereocenters. The van der Waals surface area contributed by atoms with Crippen molar-refractivity contribution >= 4 is 17.3 Å². The number of rotatable bonds is 2. The van der Waals surface area contributed by atoms with E-state index in [-0.39, 0.29) is 11.8 Å². The van der Waals surface area contributed by atoms with Crippen LogP contribution in [0, 0.1) is 12.8 Å². The van der Waals surface area contributed by atoms with Gasteiger partial charge in [-0.25, -0.2) is 0 Å². The van der Waals surface area contributed by atoms with Crippen LogP contribution in [0.1, 0.15) is 24.8 Å². The highest BCUT2D eigenvalue weighted by Gasteiger charge is 2.25. The number of nitrogen functional groups attached to an aromatic ring is 1. The molecule has 3 heteroatoms. The lowest BCUT2D eigenvalue weighted by molar-refractivity contribution is -0.122. The molecule has 0 unspecified atom stereocenters. The number of carbonyl (C=O) groups is 1. The SMILES string of the molecule is Cc1c(N)cccc1NC(=O)C1CCC1. The summed E-state index contributed by atoms with van der Waals surface area (Å²) in [5, 5.41) is 2.93. The minimum absolute atomic E-state index is 0.134. The lowest BCUT2D eigenvalue weighted by Gasteiger charge is -2.24. The minimum Gasteiger partial charge on any atom is -0.398 e. The van der Waals surface area contributed by atoms with E-state index in [1.807, 2.05) is 25.1 Å². The molecular weight excluding hydrogens is 188 g/mol. The molecule has 1 aromatic carbocycles. The third-order valence-corrected chi connectivity index (χ3v) is 3.11. The largest absolute Gasteiger partial charge is 0.398 e. The van der Waals surface area contributed by atoms with Gasteiger partial charge in [0.1, 0.15) is 0 Å². The molecule has 1 saturated carbocycles. The van der Waals surface area contributed by atoms with E-state index in [4.69, 9.17) is 5.73 Å². The number of hydrogen-bond donors (Lipinski definition) is 2. The zero-order valence-electron chi connectivity index (χ0n) is 8.92. The number of anilines is 2. The Balaban J connectivity index is 2.09. The number of hydrogen-bond acceptors (Lipinski definition) is 2. The van der Waals surface area contributed by atoms with E-state index < -0.39 is 0 Å². The van der Waals surface area contributed by atoms with E-state index in [1.54, 1.807) is 0 Å². The Bertz CT molecular complexity index is 383. The van der Waals surface area contributed by atoms with E-state index in [9.17, 15) is 4.79 Å². The van der Waals surface area contributed by atoms with E-state index >= 15 is 0 Å². The maximum Gasteiger partial charge on any atom is 0.227 e. The molecule has 2 rings (SSSR count). The van der Waals surface area contributed by atoms with Crippen molar-refractivity contribution in [3.8, 4) is 0 Å².